The summed E-state index contributed by atoms with van der Waals surface area (Å²) in [6, 6.07) is -0.959. The van der Waals surface area contributed by atoms with Gasteiger partial charge in [-0.25, -0.2) is 4.79 Å². The molecule has 1 rings (SSSR count). The maximum Gasteiger partial charge on any atom is 0.326 e. The molecule has 1 unspecified atom stereocenters. The molecule has 1 saturated heterocycles. The average molecular weight is 200 g/mol. The number of hydrogen-bond donors (Lipinski definition) is 2. The van der Waals surface area contributed by atoms with Gasteiger partial charge in [0.15, 0.2) is 0 Å². The van der Waals surface area contributed by atoms with Crippen LogP contribution >= 0.6 is 0 Å². The summed E-state index contributed by atoms with van der Waals surface area (Å²) in [6.45, 7) is 3.93. The molecule has 0 bridgehead atoms. The first-order valence-electron chi connectivity index (χ1n) is 4.71. The number of carbonyl (C=O) groups excluding carboxylic acids is 1. The quantitative estimate of drug-likeness (QED) is 0.652. The molecule has 0 aromatic rings. The second-order valence-corrected chi connectivity index (χ2v) is 4.04. The van der Waals surface area contributed by atoms with Crippen LogP contribution in [0.2, 0.25) is 0 Å². The van der Waals surface area contributed by atoms with Gasteiger partial charge in [-0.05, 0) is 5.92 Å². The van der Waals surface area contributed by atoms with E-state index < -0.39 is 12.0 Å². The number of aliphatic carboxylic acids is 1. The van der Waals surface area contributed by atoms with Crippen LogP contribution in [0.3, 0.4) is 0 Å². The maximum atomic E-state index is 11.4. The van der Waals surface area contributed by atoms with Gasteiger partial charge in [-0.15, -0.1) is 0 Å². The summed E-state index contributed by atoms with van der Waals surface area (Å²) >= 11 is 0. The molecule has 0 spiro atoms. The molecule has 0 radical (unpaired) electrons. The van der Waals surface area contributed by atoms with Gasteiger partial charge in [0.05, 0.1) is 0 Å². The molecule has 3 N–H and O–H groups in total. The van der Waals surface area contributed by atoms with Crippen LogP contribution in [-0.4, -0.2) is 40.5 Å². The summed E-state index contributed by atoms with van der Waals surface area (Å²) in [5, 5.41) is 8.97. The summed E-state index contributed by atoms with van der Waals surface area (Å²) in [5.41, 5.74) is 5.60. The predicted molar refractivity (Wildman–Crippen MR) is 50.6 cm³/mol. The van der Waals surface area contributed by atoms with Crippen molar-refractivity contribution in [3.63, 3.8) is 0 Å². The number of amides is 1. The zero-order valence-electron chi connectivity index (χ0n) is 8.43. The van der Waals surface area contributed by atoms with E-state index >= 15 is 0 Å². The summed E-state index contributed by atoms with van der Waals surface area (Å²) in [7, 11) is 0. The third-order valence-corrected chi connectivity index (χ3v) is 2.41. The second kappa shape index (κ2) is 3.96. The minimum Gasteiger partial charge on any atom is -0.480 e. The van der Waals surface area contributed by atoms with Crippen molar-refractivity contribution >= 4 is 11.9 Å². The number of carboxylic acids is 1. The zero-order chi connectivity index (χ0) is 10.9. The molecule has 0 aromatic heterocycles. The fraction of sp³-hybridized carbons (Fsp3) is 0.778. The van der Waals surface area contributed by atoms with Gasteiger partial charge in [0.1, 0.15) is 6.04 Å². The Balaban J connectivity index is 2.79. The SMILES string of the molecule is CC(C)[C@@H](C(=O)O)N1CC(N)CC1=O. The summed E-state index contributed by atoms with van der Waals surface area (Å²) < 4.78 is 0. The van der Waals surface area contributed by atoms with E-state index in [1.807, 2.05) is 0 Å². The van der Waals surface area contributed by atoms with E-state index in [-0.39, 0.29) is 24.3 Å². The molecule has 2 atom stereocenters. The molecule has 1 aliphatic heterocycles. The molecule has 0 saturated carbocycles. The standard InChI is InChI=1S/C9H16N2O3/c1-5(2)8(9(13)14)11-4-6(10)3-7(11)12/h5-6,8H,3-4,10H2,1-2H3,(H,13,14)/t6?,8-/m0/s1. The van der Waals surface area contributed by atoms with Crippen LogP contribution in [0.4, 0.5) is 0 Å². The van der Waals surface area contributed by atoms with Crippen molar-refractivity contribution in [1.82, 2.24) is 4.90 Å². The van der Waals surface area contributed by atoms with Crippen LogP contribution in [0, 0.1) is 5.92 Å². The highest BCUT2D eigenvalue weighted by Crippen LogP contribution is 2.18. The number of carbonyl (C=O) groups is 2. The van der Waals surface area contributed by atoms with Crippen molar-refractivity contribution < 1.29 is 14.7 Å². The number of nitrogens with two attached hydrogens (primary N) is 1. The second-order valence-electron chi connectivity index (χ2n) is 4.04. The lowest BCUT2D eigenvalue weighted by atomic mass is 10.0. The topological polar surface area (TPSA) is 83.6 Å². The van der Waals surface area contributed by atoms with Gasteiger partial charge in [0.25, 0.3) is 0 Å². The smallest absolute Gasteiger partial charge is 0.326 e. The summed E-state index contributed by atoms with van der Waals surface area (Å²) in [6.07, 6.45) is 0.260. The summed E-state index contributed by atoms with van der Waals surface area (Å²) in [4.78, 5) is 23.7. The minimum absolute atomic E-state index is 0.0956. The minimum atomic E-state index is -0.956. The number of hydrogen-bond acceptors (Lipinski definition) is 3. The van der Waals surface area contributed by atoms with Crippen molar-refractivity contribution in [2.24, 2.45) is 11.7 Å². The van der Waals surface area contributed by atoms with Gasteiger partial charge in [0.2, 0.25) is 5.91 Å². The van der Waals surface area contributed by atoms with Crippen LogP contribution < -0.4 is 5.73 Å². The molecule has 0 aromatic carbocycles. The lowest BCUT2D eigenvalue weighted by Crippen LogP contribution is -2.46. The van der Waals surface area contributed by atoms with E-state index in [9.17, 15) is 9.59 Å². The number of carboxylic acid groups (broad SMARTS) is 1. The molecular weight excluding hydrogens is 184 g/mol. The molecule has 14 heavy (non-hydrogen) atoms. The Morgan fingerprint density at radius 2 is 2.21 bits per heavy atom. The van der Waals surface area contributed by atoms with Gasteiger partial charge in [-0.3, -0.25) is 4.79 Å². The van der Waals surface area contributed by atoms with Gasteiger partial charge in [-0.2, -0.15) is 0 Å². The highest BCUT2D eigenvalue weighted by molar-refractivity contribution is 5.85. The van der Waals surface area contributed by atoms with E-state index in [1.54, 1.807) is 13.8 Å². The normalized spacial score (nSPS) is 24.4. The molecule has 1 heterocycles. The fourth-order valence-electron chi connectivity index (χ4n) is 1.81. The van der Waals surface area contributed by atoms with E-state index in [1.165, 1.54) is 4.90 Å². The number of rotatable bonds is 3. The van der Waals surface area contributed by atoms with Crippen molar-refractivity contribution in [1.29, 1.82) is 0 Å². The Kier molecular flexibility index (Phi) is 3.10. The number of nitrogens with zero attached hydrogens (tertiary/aromatic N) is 1. The first-order chi connectivity index (χ1) is 6.43. The van der Waals surface area contributed by atoms with Crippen LogP contribution in [0.25, 0.3) is 0 Å². The van der Waals surface area contributed by atoms with Crippen molar-refractivity contribution in [2.75, 3.05) is 6.54 Å². The largest absolute Gasteiger partial charge is 0.480 e. The molecule has 1 fully saturated rings. The van der Waals surface area contributed by atoms with E-state index in [0.29, 0.717) is 6.54 Å². The lowest BCUT2D eigenvalue weighted by molar-refractivity contribution is -0.150. The molecular formula is C9H16N2O3. The van der Waals surface area contributed by atoms with Gasteiger partial charge in [0, 0.05) is 19.0 Å². The van der Waals surface area contributed by atoms with Crippen LogP contribution in [0.1, 0.15) is 20.3 Å². The fourth-order valence-corrected chi connectivity index (χ4v) is 1.81. The van der Waals surface area contributed by atoms with Gasteiger partial charge < -0.3 is 15.7 Å². The molecule has 80 valence electrons. The zero-order valence-corrected chi connectivity index (χ0v) is 8.43. The van der Waals surface area contributed by atoms with Crippen LogP contribution in [-0.2, 0) is 9.59 Å². The first-order valence-corrected chi connectivity index (χ1v) is 4.71. The Morgan fingerprint density at radius 3 is 2.50 bits per heavy atom. The molecule has 5 heteroatoms. The lowest BCUT2D eigenvalue weighted by Gasteiger charge is -2.27. The highest BCUT2D eigenvalue weighted by atomic mass is 16.4. The highest BCUT2D eigenvalue weighted by Gasteiger charge is 2.37. The monoisotopic (exact) mass is 200 g/mol. The molecule has 1 amide bonds. The Hall–Kier alpha value is -1.10. The summed E-state index contributed by atoms with van der Waals surface area (Å²) in [5.74, 6) is -1.21. The third kappa shape index (κ3) is 2.04. The molecule has 5 nitrogen and oxygen atoms in total. The van der Waals surface area contributed by atoms with Crippen LogP contribution in [0.15, 0.2) is 0 Å². The van der Waals surface area contributed by atoms with E-state index in [2.05, 4.69) is 0 Å². The average Bonchev–Trinajstić information content (AvgIpc) is 2.29. The van der Waals surface area contributed by atoms with Gasteiger partial charge in [-0.1, -0.05) is 13.8 Å². The Labute approximate surface area is 82.9 Å². The third-order valence-electron chi connectivity index (χ3n) is 2.41. The van der Waals surface area contributed by atoms with Crippen molar-refractivity contribution in [3.8, 4) is 0 Å². The van der Waals surface area contributed by atoms with E-state index in [4.69, 9.17) is 10.8 Å². The maximum absolute atomic E-state index is 11.4. The molecule has 0 aliphatic carbocycles. The van der Waals surface area contributed by atoms with Crippen LogP contribution in [0.5, 0.6) is 0 Å². The Bertz CT molecular complexity index is 252. The number of likely N-dealkylation sites (tertiary alicyclic amines) is 1. The predicted octanol–water partition coefficient (Wildman–Crippen LogP) is -0.345. The molecule has 1 aliphatic rings. The van der Waals surface area contributed by atoms with Gasteiger partial charge >= 0.3 is 5.97 Å². The van der Waals surface area contributed by atoms with Crippen molar-refractivity contribution in [3.05, 3.63) is 0 Å². The first kappa shape index (κ1) is 11.0. The Morgan fingerprint density at radius 1 is 1.64 bits per heavy atom. The van der Waals surface area contributed by atoms with E-state index in [0.717, 1.165) is 0 Å². The van der Waals surface area contributed by atoms with Crippen molar-refractivity contribution in [2.45, 2.75) is 32.4 Å².